The molecule has 2 rings (SSSR count). The second kappa shape index (κ2) is 5.98. The van der Waals surface area contributed by atoms with E-state index in [-0.39, 0.29) is 5.97 Å². The van der Waals surface area contributed by atoms with Gasteiger partial charge in [-0.1, -0.05) is 30.3 Å². The number of benzene rings is 1. The molecule has 1 fully saturated rings. The standard InChI is InChI=1S/C14H19NO3/c1-17-13(16)14(8-5-9-15-14)11-18-10-12-6-3-2-4-7-12/h2-4,6-7,15H,5,8-11H2,1H3/p+1/t14-/m1/s1. The van der Waals surface area contributed by atoms with Gasteiger partial charge in [0.1, 0.15) is 6.61 Å². The molecule has 0 aromatic heterocycles. The Balaban J connectivity index is 1.89. The first-order valence-electron chi connectivity index (χ1n) is 6.31. The Morgan fingerprint density at radius 1 is 1.39 bits per heavy atom. The van der Waals surface area contributed by atoms with E-state index in [0.717, 1.165) is 24.9 Å². The van der Waals surface area contributed by atoms with E-state index < -0.39 is 5.54 Å². The van der Waals surface area contributed by atoms with Gasteiger partial charge in [0.05, 0.1) is 20.3 Å². The van der Waals surface area contributed by atoms with Gasteiger partial charge in [-0.05, 0) is 5.56 Å². The number of esters is 1. The lowest BCUT2D eigenvalue weighted by Crippen LogP contribution is -2.97. The van der Waals surface area contributed by atoms with E-state index in [2.05, 4.69) is 0 Å². The highest BCUT2D eigenvalue weighted by molar-refractivity contribution is 5.79. The van der Waals surface area contributed by atoms with E-state index in [0.29, 0.717) is 13.2 Å². The first-order valence-corrected chi connectivity index (χ1v) is 6.31. The summed E-state index contributed by atoms with van der Waals surface area (Å²) in [6.07, 6.45) is 1.86. The molecule has 18 heavy (non-hydrogen) atoms. The minimum Gasteiger partial charge on any atom is -0.464 e. The molecule has 0 aliphatic carbocycles. The fourth-order valence-electron chi connectivity index (χ4n) is 2.40. The lowest BCUT2D eigenvalue weighted by molar-refractivity contribution is -0.697. The van der Waals surface area contributed by atoms with E-state index >= 15 is 0 Å². The molecule has 98 valence electrons. The van der Waals surface area contributed by atoms with Crippen LogP contribution in [0, 0.1) is 0 Å². The minimum atomic E-state index is -0.524. The zero-order valence-electron chi connectivity index (χ0n) is 10.7. The Kier molecular flexibility index (Phi) is 4.33. The van der Waals surface area contributed by atoms with Crippen molar-refractivity contribution >= 4 is 5.97 Å². The molecular formula is C14H20NO3+. The van der Waals surface area contributed by atoms with Crippen LogP contribution >= 0.6 is 0 Å². The number of quaternary nitrogens is 1. The minimum absolute atomic E-state index is 0.173. The largest absolute Gasteiger partial charge is 0.464 e. The number of carbonyl (C=O) groups is 1. The summed E-state index contributed by atoms with van der Waals surface area (Å²) in [7, 11) is 1.44. The first-order chi connectivity index (χ1) is 8.77. The third-order valence-electron chi connectivity index (χ3n) is 3.43. The predicted octanol–water partition coefficient (Wildman–Crippen LogP) is 0.472. The fourth-order valence-corrected chi connectivity index (χ4v) is 2.40. The quantitative estimate of drug-likeness (QED) is 0.773. The van der Waals surface area contributed by atoms with Crippen LogP contribution in [-0.2, 0) is 20.9 Å². The van der Waals surface area contributed by atoms with Crippen LogP contribution in [-0.4, -0.2) is 31.8 Å². The molecule has 4 nitrogen and oxygen atoms in total. The lowest BCUT2D eigenvalue weighted by atomic mass is 9.99. The highest BCUT2D eigenvalue weighted by Crippen LogP contribution is 2.16. The molecule has 0 amide bonds. The Bertz CT molecular complexity index is 385. The maximum atomic E-state index is 11.8. The van der Waals surface area contributed by atoms with Crippen LogP contribution in [0.15, 0.2) is 30.3 Å². The van der Waals surface area contributed by atoms with Crippen LogP contribution in [0.1, 0.15) is 18.4 Å². The van der Waals surface area contributed by atoms with Crippen molar-refractivity contribution < 1.29 is 19.6 Å². The third kappa shape index (κ3) is 2.89. The molecule has 0 saturated carbocycles. The van der Waals surface area contributed by atoms with E-state index in [1.54, 1.807) is 0 Å². The monoisotopic (exact) mass is 250 g/mol. The van der Waals surface area contributed by atoms with Gasteiger partial charge in [0.2, 0.25) is 5.54 Å². The first kappa shape index (κ1) is 13.1. The van der Waals surface area contributed by atoms with Gasteiger partial charge < -0.3 is 14.8 Å². The molecular weight excluding hydrogens is 230 g/mol. The third-order valence-corrected chi connectivity index (χ3v) is 3.43. The maximum absolute atomic E-state index is 11.8. The smallest absolute Gasteiger partial charge is 0.370 e. The van der Waals surface area contributed by atoms with Gasteiger partial charge >= 0.3 is 5.97 Å². The summed E-state index contributed by atoms with van der Waals surface area (Å²) in [6, 6.07) is 9.98. The van der Waals surface area contributed by atoms with E-state index in [1.165, 1.54) is 7.11 Å². The van der Waals surface area contributed by atoms with Gasteiger partial charge in [-0.15, -0.1) is 0 Å². The molecule has 0 unspecified atom stereocenters. The molecule has 0 radical (unpaired) electrons. The van der Waals surface area contributed by atoms with Gasteiger partial charge in [-0.25, -0.2) is 4.79 Å². The predicted molar refractivity (Wildman–Crippen MR) is 66.9 cm³/mol. The Morgan fingerprint density at radius 3 is 2.78 bits per heavy atom. The van der Waals surface area contributed by atoms with Crippen molar-refractivity contribution in [2.45, 2.75) is 25.0 Å². The highest BCUT2D eigenvalue weighted by atomic mass is 16.5. The summed E-state index contributed by atoms with van der Waals surface area (Å²) in [5, 5.41) is 2.05. The molecule has 1 aromatic rings. The summed E-state index contributed by atoms with van der Waals surface area (Å²) >= 11 is 0. The number of methoxy groups -OCH3 is 1. The molecule has 0 bridgehead atoms. The van der Waals surface area contributed by atoms with Gasteiger partial charge in [0.15, 0.2) is 0 Å². The summed E-state index contributed by atoms with van der Waals surface area (Å²) in [4.78, 5) is 11.8. The van der Waals surface area contributed by atoms with Crippen LogP contribution in [0.25, 0.3) is 0 Å². The second-order valence-electron chi connectivity index (χ2n) is 4.72. The molecule has 1 aliphatic heterocycles. The van der Waals surface area contributed by atoms with Crippen molar-refractivity contribution in [2.24, 2.45) is 0 Å². The maximum Gasteiger partial charge on any atom is 0.370 e. The zero-order valence-corrected chi connectivity index (χ0v) is 10.7. The van der Waals surface area contributed by atoms with Crippen LogP contribution in [0.2, 0.25) is 0 Å². The average molecular weight is 250 g/mol. The number of rotatable bonds is 5. The van der Waals surface area contributed by atoms with Gasteiger partial charge in [-0.3, -0.25) is 0 Å². The fraction of sp³-hybridized carbons (Fsp3) is 0.500. The molecule has 1 heterocycles. The van der Waals surface area contributed by atoms with Crippen molar-refractivity contribution in [3.05, 3.63) is 35.9 Å². The molecule has 0 spiro atoms. The summed E-state index contributed by atoms with van der Waals surface area (Å²) in [6.45, 7) is 1.91. The van der Waals surface area contributed by atoms with Gasteiger partial charge in [0.25, 0.3) is 0 Å². The van der Waals surface area contributed by atoms with Crippen molar-refractivity contribution in [1.29, 1.82) is 0 Å². The average Bonchev–Trinajstić information content (AvgIpc) is 2.89. The Labute approximate surface area is 107 Å². The molecule has 1 aromatic carbocycles. The van der Waals surface area contributed by atoms with Gasteiger partial charge in [0, 0.05) is 12.8 Å². The number of hydrogen-bond donors (Lipinski definition) is 1. The molecule has 4 heteroatoms. The van der Waals surface area contributed by atoms with Gasteiger partial charge in [-0.2, -0.15) is 0 Å². The normalized spacial score (nSPS) is 22.9. The second-order valence-corrected chi connectivity index (χ2v) is 4.72. The van der Waals surface area contributed by atoms with Crippen LogP contribution in [0.5, 0.6) is 0 Å². The van der Waals surface area contributed by atoms with E-state index in [1.807, 2.05) is 35.6 Å². The van der Waals surface area contributed by atoms with Crippen molar-refractivity contribution in [3.63, 3.8) is 0 Å². The number of hydrogen-bond acceptors (Lipinski definition) is 3. The summed E-state index contributed by atoms with van der Waals surface area (Å²) in [5.74, 6) is -0.173. The van der Waals surface area contributed by atoms with Crippen molar-refractivity contribution in [3.8, 4) is 0 Å². The molecule has 1 saturated heterocycles. The molecule has 1 aliphatic rings. The van der Waals surface area contributed by atoms with E-state index in [4.69, 9.17) is 9.47 Å². The molecule has 1 atom stereocenters. The zero-order chi connectivity index (χ0) is 12.8. The van der Waals surface area contributed by atoms with Crippen molar-refractivity contribution in [2.75, 3.05) is 20.3 Å². The molecule has 2 N–H and O–H groups in total. The number of carbonyl (C=O) groups excluding carboxylic acids is 1. The number of ether oxygens (including phenoxy) is 2. The number of nitrogens with two attached hydrogens (primary N) is 1. The summed E-state index contributed by atoms with van der Waals surface area (Å²) in [5.41, 5.74) is 0.597. The Morgan fingerprint density at radius 2 is 2.17 bits per heavy atom. The Hall–Kier alpha value is -1.39. The highest BCUT2D eigenvalue weighted by Gasteiger charge is 2.47. The van der Waals surface area contributed by atoms with Crippen molar-refractivity contribution in [1.82, 2.24) is 0 Å². The lowest BCUT2D eigenvalue weighted by Gasteiger charge is -2.22. The van der Waals surface area contributed by atoms with Crippen LogP contribution in [0.3, 0.4) is 0 Å². The SMILES string of the molecule is COC(=O)[C@]1(COCc2ccccc2)CCC[NH2+]1. The van der Waals surface area contributed by atoms with Crippen LogP contribution < -0.4 is 5.32 Å². The summed E-state index contributed by atoms with van der Waals surface area (Å²) < 4.78 is 10.6. The van der Waals surface area contributed by atoms with Crippen LogP contribution in [0.4, 0.5) is 0 Å². The van der Waals surface area contributed by atoms with E-state index in [9.17, 15) is 4.79 Å². The topological polar surface area (TPSA) is 52.1 Å².